The quantitative estimate of drug-likeness (QED) is 0.530. The third kappa shape index (κ3) is 1.95. The van der Waals surface area contributed by atoms with Crippen molar-refractivity contribution in [2.45, 2.75) is 20.1 Å². The molecule has 9 heavy (non-hydrogen) atoms. The number of rotatable bonds is 1. The minimum atomic E-state index is 0.0231. The topological polar surface area (TPSA) is 18.5 Å². The molecule has 1 heterocycles. The zero-order valence-corrected chi connectivity index (χ0v) is 5.96. The molecule has 1 saturated heterocycles. The van der Waals surface area contributed by atoms with Crippen LogP contribution in [-0.2, 0) is 9.47 Å². The summed E-state index contributed by atoms with van der Waals surface area (Å²) in [6, 6.07) is 0. The molecule has 0 aromatic rings. The smallest absolute Gasteiger partial charge is 0.159 e. The van der Waals surface area contributed by atoms with Crippen LogP contribution in [-0.4, -0.2) is 19.5 Å². The molecule has 0 aliphatic carbocycles. The van der Waals surface area contributed by atoms with Crippen molar-refractivity contribution in [3.05, 3.63) is 6.42 Å². The van der Waals surface area contributed by atoms with Gasteiger partial charge in [0.2, 0.25) is 0 Å². The molecule has 2 nitrogen and oxygen atoms in total. The Kier molecular flexibility index (Phi) is 2.49. The third-order valence-corrected chi connectivity index (χ3v) is 1.30. The first-order chi connectivity index (χ1) is 4.30. The molecule has 0 saturated carbocycles. The van der Waals surface area contributed by atoms with Gasteiger partial charge in [0.25, 0.3) is 0 Å². The summed E-state index contributed by atoms with van der Waals surface area (Å²) in [6.07, 6.45) is 2.01. The van der Waals surface area contributed by atoms with E-state index in [-0.39, 0.29) is 6.29 Å². The van der Waals surface area contributed by atoms with E-state index in [9.17, 15) is 0 Å². The normalized spacial score (nSPS) is 23.0. The highest BCUT2D eigenvalue weighted by Crippen LogP contribution is 2.12. The van der Waals surface area contributed by atoms with Gasteiger partial charge in [-0.25, -0.2) is 0 Å². The van der Waals surface area contributed by atoms with E-state index < -0.39 is 0 Å². The summed E-state index contributed by atoms with van der Waals surface area (Å²) < 4.78 is 10.5. The first-order valence-electron chi connectivity index (χ1n) is 3.35. The van der Waals surface area contributed by atoms with E-state index in [4.69, 9.17) is 9.47 Å². The summed E-state index contributed by atoms with van der Waals surface area (Å²) in [5, 5.41) is 0. The Morgan fingerprint density at radius 1 is 1.33 bits per heavy atom. The van der Waals surface area contributed by atoms with Crippen LogP contribution in [0.4, 0.5) is 0 Å². The predicted molar refractivity (Wildman–Crippen MR) is 34.8 cm³/mol. The van der Waals surface area contributed by atoms with Gasteiger partial charge in [0.15, 0.2) is 6.29 Å². The molecule has 2 heteroatoms. The van der Waals surface area contributed by atoms with Crippen LogP contribution in [0.1, 0.15) is 13.8 Å². The van der Waals surface area contributed by atoms with Gasteiger partial charge in [-0.2, -0.15) is 0 Å². The molecular weight excluding hydrogens is 116 g/mol. The fourth-order valence-electron chi connectivity index (χ4n) is 0.807. The standard InChI is InChI=1S/C7H13O2/c1-6(2)7-8-4-3-5-9-7/h3,6-7H,4-5H2,1-2H3. The molecule has 1 fully saturated rings. The van der Waals surface area contributed by atoms with Crippen molar-refractivity contribution in [1.29, 1.82) is 0 Å². The summed E-state index contributed by atoms with van der Waals surface area (Å²) in [4.78, 5) is 0. The van der Waals surface area contributed by atoms with Crippen LogP contribution >= 0.6 is 0 Å². The van der Waals surface area contributed by atoms with Crippen LogP contribution in [0.2, 0.25) is 0 Å². The lowest BCUT2D eigenvalue weighted by Gasteiger charge is -2.25. The van der Waals surface area contributed by atoms with Crippen LogP contribution in [0.5, 0.6) is 0 Å². The lowest BCUT2D eigenvalue weighted by Crippen LogP contribution is -2.29. The highest BCUT2D eigenvalue weighted by molar-refractivity contribution is 4.68. The summed E-state index contributed by atoms with van der Waals surface area (Å²) in [5.41, 5.74) is 0. The van der Waals surface area contributed by atoms with Crippen molar-refractivity contribution in [3.63, 3.8) is 0 Å². The molecule has 0 aromatic heterocycles. The SMILES string of the molecule is CC(C)C1OC[CH]CO1. The van der Waals surface area contributed by atoms with Gasteiger partial charge in [-0.3, -0.25) is 0 Å². The molecule has 0 spiro atoms. The molecule has 1 rings (SSSR count). The molecule has 0 aromatic carbocycles. The zero-order valence-electron chi connectivity index (χ0n) is 5.96. The molecule has 0 amide bonds. The minimum Gasteiger partial charge on any atom is -0.352 e. The zero-order chi connectivity index (χ0) is 6.69. The Hall–Kier alpha value is -0.0800. The van der Waals surface area contributed by atoms with Crippen molar-refractivity contribution in [2.24, 2.45) is 5.92 Å². The van der Waals surface area contributed by atoms with Gasteiger partial charge in [-0.05, 0) is 0 Å². The van der Waals surface area contributed by atoms with Gasteiger partial charge in [0.1, 0.15) is 0 Å². The van der Waals surface area contributed by atoms with Gasteiger partial charge >= 0.3 is 0 Å². The van der Waals surface area contributed by atoms with E-state index >= 15 is 0 Å². The highest BCUT2D eigenvalue weighted by atomic mass is 16.7. The summed E-state index contributed by atoms with van der Waals surface area (Å²) in [6.45, 7) is 5.66. The van der Waals surface area contributed by atoms with E-state index in [2.05, 4.69) is 13.8 Å². The van der Waals surface area contributed by atoms with Crippen molar-refractivity contribution in [1.82, 2.24) is 0 Å². The second kappa shape index (κ2) is 3.18. The number of ether oxygens (including phenoxy) is 2. The fourth-order valence-corrected chi connectivity index (χ4v) is 0.807. The molecule has 1 aliphatic rings. The molecule has 0 bridgehead atoms. The second-order valence-electron chi connectivity index (χ2n) is 2.57. The molecular formula is C7H13O2. The molecule has 0 unspecified atom stereocenters. The Labute approximate surface area is 56.2 Å². The Balaban J connectivity index is 2.23. The Bertz CT molecular complexity index is 75.0. The largest absolute Gasteiger partial charge is 0.352 e. The van der Waals surface area contributed by atoms with Gasteiger partial charge in [0, 0.05) is 12.3 Å². The maximum Gasteiger partial charge on any atom is 0.159 e. The van der Waals surface area contributed by atoms with Crippen molar-refractivity contribution in [3.8, 4) is 0 Å². The highest BCUT2D eigenvalue weighted by Gasteiger charge is 2.17. The maximum absolute atomic E-state index is 5.26. The molecule has 53 valence electrons. The van der Waals surface area contributed by atoms with E-state index in [1.54, 1.807) is 0 Å². The molecule has 1 aliphatic heterocycles. The second-order valence-corrected chi connectivity index (χ2v) is 2.57. The minimum absolute atomic E-state index is 0.0231. The predicted octanol–water partition coefficient (Wildman–Crippen LogP) is 1.22. The van der Waals surface area contributed by atoms with Crippen LogP contribution in [0.15, 0.2) is 0 Å². The summed E-state index contributed by atoms with van der Waals surface area (Å²) in [7, 11) is 0. The number of hydrogen-bond donors (Lipinski definition) is 0. The van der Waals surface area contributed by atoms with Gasteiger partial charge in [0.05, 0.1) is 13.2 Å². The van der Waals surface area contributed by atoms with Crippen LogP contribution < -0.4 is 0 Å². The van der Waals surface area contributed by atoms with E-state index in [0.29, 0.717) is 5.92 Å². The lowest BCUT2D eigenvalue weighted by atomic mass is 10.2. The average molecular weight is 129 g/mol. The van der Waals surface area contributed by atoms with Gasteiger partial charge in [-0.1, -0.05) is 13.8 Å². The Morgan fingerprint density at radius 3 is 2.22 bits per heavy atom. The van der Waals surface area contributed by atoms with E-state index in [1.165, 1.54) is 0 Å². The van der Waals surface area contributed by atoms with Gasteiger partial charge < -0.3 is 9.47 Å². The van der Waals surface area contributed by atoms with E-state index in [0.717, 1.165) is 13.2 Å². The first-order valence-corrected chi connectivity index (χ1v) is 3.35. The first kappa shape index (κ1) is 7.03. The number of hydrogen-bond acceptors (Lipinski definition) is 2. The van der Waals surface area contributed by atoms with Crippen molar-refractivity contribution >= 4 is 0 Å². The monoisotopic (exact) mass is 129 g/mol. The summed E-state index contributed by atoms with van der Waals surface area (Å²) in [5.74, 6) is 0.471. The lowest BCUT2D eigenvalue weighted by molar-refractivity contribution is -0.181. The van der Waals surface area contributed by atoms with Crippen LogP contribution in [0.3, 0.4) is 0 Å². The Morgan fingerprint density at radius 2 is 1.89 bits per heavy atom. The molecule has 0 atom stereocenters. The van der Waals surface area contributed by atoms with Crippen LogP contribution in [0.25, 0.3) is 0 Å². The average Bonchev–Trinajstić information content (AvgIpc) is 1.90. The summed E-state index contributed by atoms with van der Waals surface area (Å²) >= 11 is 0. The maximum atomic E-state index is 5.26. The van der Waals surface area contributed by atoms with Crippen molar-refractivity contribution < 1.29 is 9.47 Å². The molecule has 1 radical (unpaired) electrons. The third-order valence-electron chi connectivity index (χ3n) is 1.30. The molecule has 0 N–H and O–H groups in total. The van der Waals surface area contributed by atoms with E-state index in [1.807, 2.05) is 6.42 Å². The fraction of sp³-hybridized carbons (Fsp3) is 0.857. The van der Waals surface area contributed by atoms with Gasteiger partial charge in [-0.15, -0.1) is 0 Å². The van der Waals surface area contributed by atoms with Crippen molar-refractivity contribution in [2.75, 3.05) is 13.2 Å². The van der Waals surface area contributed by atoms with Crippen LogP contribution in [0, 0.1) is 12.3 Å².